The Labute approximate surface area is 170 Å². The fourth-order valence-corrected chi connectivity index (χ4v) is 4.09. The number of hydrogen-bond donors (Lipinski definition) is 1. The Morgan fingerprint density at radius 2 is 1.89 bits per heavy atom. The zero-order valence-electron chi connectivity index (χ0n) is 15.7. The van der Waals surface area contributed by atoms with Gasteiger partial charge in [-0.25, -0.2) is 4.79 Å². The van der Waals surface area contributed by atoms with E-state index in [1.165, 1.54) is 11.3 Å². The molecule has 0 radical (unpaired) electrons. The third kappa shape index (κ3) is 5.05. The molecule has 1 heterocycles. The van der Waals surface area contributed by atoms with E-state index in [0.29, 0.717) is 35.4 Å². The summed E-state index contributed by atoms with van der Waals surface area (Å²) in [6, 6.07) is 9.83. The van der Waals surface area contributed by atoms with Crippen molar-refractivity contribution in [3.05, 3.63) is 66.1 Å². The van der Waals surface area contributed by atoms with E-state index < -0.39 is 0 Å². The SMILES string of the molecule is C=CCN(CC=C)C(=S)Nc1sc(C)c(-c2ccccc2)c1C(=O)OCC. The Morgan fingerprint density at radius 1 is 1.26 bits per heavy atom. The zero-order chi connectivity index (χ0) is 19.8. The van der Waals surface area contributed by atoms with Gasteiger partial charge in [-0.1, -0.05) is 42.5 Å². The lowest BCUT2D eigenvalue weighted by Crippen LogP contribution is -2.35. The summed E-state index contributed by atoms with van der Waals surface area (Å²) in [5.41, 5.74) is 2.37. The summed E-state index contributed by atoms with van der Waals surface area (Å²) in [5, 5.41) is 4.43. The first-order chi connectivity index (χ1) is 13.0. The van der Waals surface area contributed by atoms with Crippen molar-refractivity contribution in [2.45, 2.75) is 13.8 Å². The largest absolute Gasteiger partial charge is 0.462 e. The van der Waals surface area contributed by atoms with E-state index in [9.17, 15) is 4.79 Å². The van der Waals surface area contributed by atoms with Crippen LogP contribution in [0.4, 0.5) is 5.00 Å². The number of nitrogens with zero attached hydrogens (tertiary/aromatic N) is 1. The van der Waals surface area contributed by atoms with E-state index in [0.717, 1.165) is 16.0 Å². The molecular weight excluding hydrogens is 376 g/mol. The van der Waals surface area contributed by atoms with Gasteiger partial charge >= 0.3 is 5.97 Å². The lowest BCUT2D eigenvalue weighted by atomic mass is 10.0. The molecule has 0 bridgehead atoms. The predicted octanol–water partition coefficient (Wildman–Crippen LogP) is 5.27. The summed E-state index contributed by atoms with van der Waals surface area (Å²) in [6.45, 7) is 12.8. The van der Waals surface area contributed by atoms with Crippen molar-refractivity contribution in [3.63, 3.8) is 0 Å². The molecule has 0 saturated carbocycles. The normalized spacial score (nSPS) is 10.1. The maximum atomic E-state index is 12.7. The third-order valence-electron chi connectivity index (χ3n) is 3.83. The topological polar surface area (TPSA) is 41.6 Å². The molecule has 0 saturated heterocycles. The molecule has 1 N–H and O–H groups in total. The number of nitrogens with one attached hydrogen (secondary N) is 1. The van der Waals surface area contributed by atoms with Crippen molar-refractivity contribution in [1.82, 2.24) is 4.90 Å². The minimum Gasteiger partial charge on any atom is -0.462 e. The highest BCUT2D eigenvalue weighted by atomic mass is 32.1. The number of thiophene rings is 1. The van der Waals surface area contributed by atoms with Crippen LogP contribution in [0.5, 0.6) is 0 Å². The molecule has 6 heteroatoms. The molecule has 0 spiro atoms. The van der Waals surface area contributed by atoms with Crippen LogP contribution in [0.3, 0.4) is 0 Å². The van der Waals surface area contributed by atoms with Gasteiger partial charge in [-0.05, 0) is 31.6 Å². The molecule has 0 amide bonds. The summed E-state index contributed by atoms with van der Waals surface area (Å²) in [7, 11) is 0. The predicted molar refractivity (Wildman–Crippen MR) is 119 cm³/mol. The summed E-state index contributed by atoms with van der Waals surface area (Å²) >= 11 is 7.04. The second-order valence-electron chi connectivity index (χ2n) is 5.74. The molecule has 1 aromatic carbocycles. The first-order valence-corrected chi connectivity index (χ1v) is 9.89. The number of anilines is 1. The van der Waals surface area contributed by atoms with Crippen LogP contribution in [0.25, 0.3) is 11.1 Å². The monoisotopic (exact) mass is 400 g/mol. The summed E-state index contributed by atoms with van der Waals surface area (Å²) in [6.07, 6.45) is 3.55. The molecule has 0 aliphatic carbocycles. The van der Waals surface area contributed by atoms with E-state index in [1.807, 2.05) is 42.2 Å². The van der Waals surface area contributed by atoms with Gasteiger partial charge < -0.3 is 15.0 Å². The molecule has 4 nitrogen and oxygen atoms in total. The second-order valence-corrected chi connectivity index (χ2v) is 7.35. The van der Waals surface area contributed by atoms with Gasteiger partial charge in [-0.15, -0.1) is 24.5 Å². The molecule has 0 atom stereocenters. The lowest BCUT2D eigenvalue weighted by Gasteiger charge is -2.23. The van der Waals surface area contributed by atoms with E-state index in [2.05, 4.69) is 18.5 Å². The molecule has 0 aliphatic heterocycles. The maximum absolute atomic E-state index is 12.7. The Morgan fingerprint density at radius 3 is 2.44 bits per heavy atom. The number of rotatable bonds is 8. The van der Waals surface area contributed by atoms with Crippen LogP contribution in [0.15, 0.2) is 55.6 Å². The van der Waals surface area contributed by atoms with E-state index in [4.69, 9.17) is 17.0 Å². The first kappa shape index (κ1) is 20.9. The fraction of sp³-hybridized carbons (Fsp3) is 0.238. The van der Waals surface area contributed by atoms with Crippen LogP contribution >= 0.6 is 23.6 Å². The number of carbonyl (C=O) groups is 1. The number of carbonyl (C=O) groups excluding carboxylic acids is 1. The average Bonchev–Trinajstić information content (AvgIpc) is 2.98. The molecule has 2 aromatic rings. The van der Waals surface area contributed by atoms with Crippen LogP contribution in [-0.4, -0.2) is 35.7 Å². The quantitative estimate of drug-likeness (QED) is 0.371. The summed E-state index contributed by atoms with van der Waals surface area (Å²) < 4.78 is 5.32. The number of esters is 1. The molecule has 0 unspecified atom stereocenters. The van der Waals surface area contributed by atoms with Gasteiger partial charge in [0, 0.05) is 23.5 Å². The molecule has 0 fully saturated rings. The van der Waals surface area contributed by atoms with Gasteiger partial charge in [0.15, 0.2) is 5.11 Å². The van der Waals surface area contributed by atoms with Crippen molar-refractivity contribution in [3.8, 4) is 11.1 Å². The zero-order valence-corrected chi connectivity index (χ0v) is 17.3. The first-order valence-electron chi connectivity index (χ1n) is 8.67. The fourth-order valence-electron chi connectivity index (χ4n) is 2.71. The number of benzene rings is 1. The van der Waals surface area contributed by atoms with Gasteiger partial charge in [0.05, 0.1) is 6.61 Å². The lowest BCUT2D eigenvalue weighted by molar-refractivity contribution is 0.0529. The van der Waals surface area contributed by atoms with E-state index in [1.54, 1.807) is 19.1 Å². The Bertz CT molecular complexity index is 818. The smallest absolute Gasteiger partial charge is 0.341 e. The van der Waals surface area contributed by atoms with Crippen LogP contribution in [-0.2, 0) is 4.74 Å². The molecular formula is C21H24N2O2S2. The average molecular weight is 401 g/mol. The van der Waals surface area contributed by atoms with Crippen LogP contribution in [0, 0.1) is 6.92 Å². The van der Waals surface area contributed by atoms with E-state index in [-0.39, 0.29) is 5.97 Å². The Kier molecular flexibility index (Phi) is 7.76. The second kappa shape index (κ2) is 10.0. The van der Waals surface area contributed by atoms with Crippen molar-refractivity contribution in [2.75, 3.05) is 25.0 Å². The standard InChI is InChI=1S/C21H24N2O2S2/c1-5-13-23(14-6-2)21(26)22-19-18(20(24)25-7-3)17(15(4)27-19)16-11-9-8-10-12-16/h5-6,8-12H,1-2,7,13-14H2,3-4H3,(H,22,26). The molecule has 1 aromatic heterocycles. The minimum absolute atomic E-state index is 0.310. The minimum atomic E-state index is -0.356. The highest BCUT2D eigenvalue weighted by Gasteiger charge is 2.25. The molecule has 0 aliphatic rings. The van der Waals surface area contributed by atoms with Crippen LogP contribution in [0.2, 0.25) is 0 Å². The molecule has 2 rings (SSSR count). The van der Waals surface area contributed by atoms with Gasteiger partial charge in [-0.3, -0.25) is 0 Å². The van der Waals surface area contributed by atoms with Crippen molar-refractivity contribution in [1.29, 1.82) is 0 Å². The third-order valence-corrected chi connectivity index (χ3v) is 5.21. The van der Waals surface area contributed by atoms with E-state index >= 15 is 0 Å². The summed E-state index contributed by atoms with van der Waals surface area (Å²) in [5.74, 6) is -0.356. The number of thiocarbonyl (C=S) groups is 1. The summed E-state index contributed by atoms with van der Waals surface area (Å²) in [4.78, 5) is 15.7. The number of ether oxygens (including phenoxy) is 1. The van der Waals surface area contributed by atoms with Crippen LogP contribution in [0.1, 0.15) is 22.2 Å². The van der Waals surface area contributed by atoms with Gasteiger partial charge in [-0.2, -0.15) is 0 Å². The number of aryl methyl sites for hydroxylation is 1. The van der Waals surface area contributed by atoms with Crippen LogP contribution < -0.4 is 5.32 Å². The maximum Gasteiger partial charge on any atom is 0.341 e. The molecule has 27 heavy (non-hydrogen) atoms. The highest BCUT2D eigenvalue weighted by Crippen LogP contribution is 2.40. The van der Waals surface area contributed by atoms with Crippen molar-refractivity contribution >= 4 is 39.6 Å². The van der Waals surface area contributed by atoms with Gasteiger partial charge in [0.1, 0.15) is 10.6 Å². The molecule has 142 valence electrons. The van der Waals surface area contributed by atoms with Gasteiger partial charge in [0.2, 0.25) is 0 Å². The Balaban J connectivity index is 2.47. The highest BCUT2D eigenvalue weighted by molar-refractivity contribution is 7.80. The van der Waals surface area contributed by atoms with Crippen molar-refractivity contribution in [2.24, 2.45) is 0 Å². The van der Waals surface area contributed by atoms with Crippen molar-refractivity contribution < 1.29 is 9.53 Å². The number of hydrogen-bond acceptors (Lipinski definition) is 4. The Hall–Kier alpha value is -2.44. The van der Waals surface area contributed by atoms with Gasteiger partial charge in [0.25, 0.3) is 0 Å².